The average Bonchev–Trinajstić information content (AvgIpc) is 2.74. The average molecular weight is 268 g/mol. The molecule has 0 bridgehead atoms. The lowest BCUT2D eigenvalue weighted by Crippen LogP contribution is -2.35. The number of rotatable bonds is 4. The van der Waals surface area contributed by atoms with E-state index < -0.39 is 10.0 Å². The largest absolute Gasteiger partial charge is 0.330 e. The van der Waals surface area contributed by atoms with Gasteiger partial charge in [0.25, 0.3) is 0 Å². The summed E-state index contributed by atoms with van der Waals surface area (Å²) in [5.74, 6) is 0.0779. The Labute approximate surface area is 109 Å². The van der Waals surface area contributed by atoms with Gasteiger partial charge in [-0.25, -0.2) is 12.7 Å². The minimum Gasteiger partial charge on any atom is -0.330 e. The highest BCUT2D eigenvalue weighted by atomic mass is 32.2. The van der Waals surface area contributed by atoms with E-state index in [2.05, 4.69) is 0 Å². The van der Waals surface area contributed by atoms with Crippen LogP contribution in [-0.2, 0) is 15.8 Å². The smallest absolute Gasteiger partial charge is 0.218 e. The molecule has 5 heteroatoms. The lowest BCUT2D eigenvalue weighted by molar-refractivity contribution is 0.349. The number of nitrogens with two attached hydrogens (primary N) is 1. The third kappa shape index (κ3) is 2.91. The Kier molecular flexibility index (Phi) is 3.75. The van der Waals surface area contributed by atoms with E-state index in [1.54, 1.807) is 4.31 Å². The highest BCUT2D eigenvalue weighted by Crippen LogP contribution is 2.31. The van der Waals surface area contributed by atoms with E-state index in [0.717, 1.165) is 12.0 Å². The quantitative estimate of drug-likeness (QED) is 0.892. The molecule has 4 nitrogen and oxygen atoms in total. The van der Waals surface area contributed by atoms with Gasteiger partial charge >= 0.3 is 0 Å². The summed E-state index contributed by atoms with van der Waals surface area (Å²) in [7, 11) is -3.22. The number of hydrogen-bond donors (Lipinski definition) is 1. The summed E-state index contributed by atoms with van der Waals surface area (Å²) in [6.45, 7) is 3.71. The van der Waals surface area contributed by atoms with Crippen LogP contribution < -0.4 is 5.73 Å². The third-order valence-corrected chi connectivity index (χ3v) is 5.40. The maximum atomic E-state index is 12.3. The lowest BCUT2D eigenvalue weighted by atomic mass is 9.90. The highest BCUT2D eigenvalue weighted by Gasteiger charge is 2.38. The van der Waals surface area contributed by atoms with Gasteiger partial charge in [0.15, 0.2) is 0 Å². The van der Waals surface area contributed by atoms with Crippen molar-refractivity contribution in [3.8, 4) is 0 Å². The molecule has 100 valence electrons. The van der Waals surface area contributed by atoms with Crippen molar-refractivity contribution in [2.45, 2.75) is 19.1 Å². The summed E-state index contributed by atoms with van der Waals surface area (Å²) < 4.78 is 26.2. The summed E-state index contributed by atoms with van der Waals surface area (Å²) >= 11 is 0. The maximum Gasteiger partial charge on any atom is 0.218 e. The zero-order valence-electron chi connectivity index (χ0n) is 10.7. The molecule has 1 aromatic rings. The summed E-state index contributed by atoms with van der Waals surface area (Å²) in [6, 6.07) is 9.29. The summed E-state index contributed by atoms with van der Waals surface area (Å²) in [6.07, 6.45) is 0.845. The van der Waals surface area contributed by atoms with Gasteiger partial charge in [-0.15, -0.1) is 0 Å². The molecule has 1 aliphatic rings. The second-order valence-electron chi connectivity index (χ2n) is 5.34. The minimum absolute atomic E-state index is 0.0657. The van der Waals surface area contributed by atoms with E-state index in [4.69, 9.17) is 5.73 Å². The molecule has 0 aromatic heterocycles. The first-order valence-corrected chi connectivity index (χ1v) is 7.78. The number of benzene rings is 1. The standard InChI is InChI=1S/C13H20N2O2S/c1-13(10-14)7-8-15(11-13)18(16,17)9-12-5-3-2-4-6-12/h2-6H,7-11,14H2,1H3. The van der Waals surface area contributed by atoms with E-state index in [0.29, 0.717) is 19.6 Å². The van der Waals surface area contributed by atoms with Crippen LogP contribution in [0.4, 0.5) is 0 Å². The van der Waals surface area contributed by atoms with Crippen molar-refractivity contribution in [2.24, 2.45) is 11.1 Å². The highest BCUT2D eigenvalue weighted by molar-refractivity contribution is 7.88. The maximum absolute atomic E-state index is 12.3. The fourth-order valence-electron chi connectivity index (χ4n) is 2.26. The molecule has 1 aliphatic heterocycles. The second-order valence-corrected chi connectivity index (χ2v) is 7.31. The van der Waals surface area contributed by atoms with Crippen molar-refractivity contribution in [2.75, 3.05) is 19.6 Å². The molecule has 0 aliphatic carbocycles. The molecule has 1 heterocycles. The lowest BCUT2D eigenvalue weighted by Gasteiger charge is -2.22. The first-order chi connectivity index (χ1) is 8.45. The predicted molar refractivity (Wildman–Crippen MR) is 72.4 cm³/mol. The van der Waals surface area contributed by atoms with Crippen molar-refractivity contribution in [1.29, 1.82) is 0 Å². The molecule has 0 spiro atoms. The SMILES string of the molecule is CC1(CN)CCN(S(=O)(=O)Cc2ccccc2)C1. The van der Waals surface area contributed by atoms with Crippen molar-refractivity contribution in [3.05, 3.63) is 35.9 Å². The van der Waals surface area contributed by atoms with Crippen molar-refractivity contribution in [1.82, 2.24) is 4.31 Å². The second kappa shape index (κ2) is 4.99. The van der Waals surface area contributed by atoms with E-state index in [1.165, 1.54) is 0 Å². The number of sulfonamides is 1. The Morgan fingerprint density at radius 2 is 2.00 bits per heavy atom. The van der Waals surface area contributed by atoms with Gasteiger partial charge in [-0.1, -0.05) is 37.3 Å². The molecule has 2 rings (SSSR count). The van der Waals surface area contributed by atoms with Crippen LogP contribution in [0.5, 0.6) is 0 Å². The minimum atomic E-state index is -3.22. The summed E-state index contributed by atoms with van der Waals surface area (Å²) in [5, 5.41) is 0. The summed E-state index contributed by atoms with van der Waals surface area (Å²) in [5.41, 5.74) is 6.47. The fourth-order valence-corrected chi connectivity index (χ4v) is 3.93. The van der Waals surface area contributed by atoms with Crippen LogP contribution in [-0.4, -0.2) is 32.4 Å². The van der Waals surface area contributed by atoms with E-state index in [1.807, 2.05) is 37.3 Å². The van der Waals surface area contributed by atoms with Gasteiger partial charge in [-0.2, -0.15) is 0 Å². The molecule has 1 atom stereocenters. The molecule has 0 radical (unpaired) electrons. The van der Waals surface area contributed by atoms with Crippen LogP contribution in [0.3, 0.4) is 0 Å². The molecular weight excluding hydrogens is 248 g/mol. The van der Waals surface area contributed by atoms with Crippen molar-refractivity contribution >= 4 is 10.0 Å². The Hall–Kier alpha value is -0.910. The molecular formula is C13H20N2O2S. The van der Waals surface area contributed by atoms with Gasteiger partial charge in [0, 0.05) is 13.1 Å². The molecule has 1 unspecified atom stereocenters. The van der Waals surface area contributed by atoms with Gasteiger partial charge in [0.1, 0.15) is 0 Å². The van der Waals surface area contributed by atoms with Gasteiger partial charge in [0.05, 0.1) is 5.75 Å². The summed E-state index contributed by atoms with van der Waals surface area (Å²) in [4.78, 5) is 0. The van der Waals surface area contributed by atoms with Gasteiger partial charge in [-0.05, 0) is 23.9 Å². The van der Waals surface area contributed by atoms with Gasteiger partial charge < -0.3 is 5.73 Å². The zero-order chi connectivity index (χ0) is 13.2. The van der Waals surface area contributed by atoms with Crippen LogP contribution in [0.1, 0.15) is 18.9 Å². The third-order valence-electron chi connectivity index (χ3n) is 3.60. The van der Waals surface area contributed by atoms with E-state index in [9.17, 15) is 8.42 Å². The van der Waals surface area contributed by atoms with E-state index in [-0.39, 0.29) is 11.2 Å². The molecule has 0 saturated carbocycles. The molecule has 1 fully saturated rings. The zero-order valence-corrected chi connectivity index (χ0v) is 11.5. The Morgan fingerprint density at radius 1 is 1.33 bits per heavy atom. The van der Waals surface area contributed by atoms with Crippen LogP contribution in [0.25, 0.3) is 0 Å². The Morgan fingerprint density at radius 3 is 2.56 bits per heavy atom. The monoisotopic (exact) mass is 268 g/mol. The first-order valence-electron chi connectivity index (χ1n) is 6.17. The fraction of sp³-hybridized carbons (Fsp3) is 0.538. The Balaban J connectivity index is 2.09. The first kappa shape index (κ1) is 13.5. The van der Waals surface area contributed by atoms with Crippen LogP contribution >= 0.6 is 0 Å². The molecule has 1 saturated heterocycles. The van der Waals surface area contributed by atoms with Gasteiger partial charge in [0.2, 0.25) is 10.0 Å². The number of hydrogen-bond acceptors (Lipinski definition) is 3. The normalized spacial score (nSPS) is 25.4. The molecule has 1 aromatic carbocycles. The molecule has 0 amide bonds. The predicted octanol–water partition coefficient (Wildman–Crippen LogP) is 1.19. The van der Waals surface area contributed by atoms with Crippen LogP contribution in [0.2, 0.25) is 0 Å². The van der Waals surface area contributed by atoms with Gasteiger partial charge in [-0.3, -0.25) is 0 Å². The molecule has 18 heavy (non-hydrogen) atoms. The van der Waals surface area contributed by atoms with Crippen molar-refractivity contribution in [3.63, 3.8) is 0 Å². The van der Waals surface area contributed by atoms with E-state index >= 15 is 0 Å². The number of nitrogens with zero attached hydrogens (tertiary/aromatic N) is 1. The van der Waals surface area contributed by atoms with Crippen LogP contribution in [0, 0.1) is 5.41 Å². The topological polar surface area (TPSA) is 63.4 Å². The molecule has 2 N–H and O–H groups in total. The van der Waals surface area contributed by atoms with Crippen LogP contribution in [0.15, 0.2) is 30.3 Å². The van der Waals surface area contributed by atoms with Crippen molar-refractivity contribution < 1.29 is 8.42 Å². The Bertz CT molecular complexity index is 501.